The van der Waals surface area contributed by atoms with Crippen LogP contribution in [0.3, 0.4) is 0 Å². The van der Waals surface area contributed by atoms with Crippen LogP contribution in [0.5, 0.6) is 0 Å². The summed E-state index contributed by atoms with van der Waals surface area (Å²) in [7, 11) is 0. The molecule has 1 saturated heterocycles. The van der Waals surface area contributed by atoms with Gasteiger partial charge in [-0.05, 0) is 80.4 Å². The van der Waals surface area contributed by atoms with Crippen LogP contribution in [0.2, 0.25) is 0 Å². The van der Waals surface area contributed by atoms with E-state index in [2.05, 4.69) is 20.3 Å². The SMILES string of the molecule is O=C(CNC(=O)c1cccc(C(F)(F)F)c1)N[C@@]1(C2CCC(O)(c3ccns3)CC2)CCNC1. The topological polar surface area (TPSA) is 103 Å². The molecule has 2 heterocycles. The zero-order valence-corrected chi connectivity index (χ0v) is 19.3. The van der Waals surface area contributed by atoms with Crippen molar-refractivity contribution in [2.24, 2.45) is 5.92 Å². The fourth-order valence-corrected chi connectivity index (χ4v) is 5.77. The number of alkyl halides is 3. The molecule has 1 aliphatic heterocycles. The Morgan fingerprint density at radius 2 is 1.97 bits per heavy atom. The first-order valence-corrected chi connectivity index (χ1v) is 12.0. The van der Waals surface area contributed by atoms with Gasteiger partial charge in [0.1, 0.15) is 5.60 Å². The molecule has 1 saturated carbocycles. The lowest BCUT2D eigenvalue weighted by Crippen LogP contribution is -2.58. The molecule has 1 aromatic carbocycles. The van der Waals surface area contributed by atoms with E-state index in [0.717, 1.165) is 48.9 Å². The number of carbonyl (C=O) groups excluding carboxylic acids is 2. The van der Waals surface area contributed by atoms with Crippen LogP contribution in [-0.2, 0) is 16.6 Å². The minimum atomic E-state index is -4.55. The van der Waals surface area contributed by atoms with E-state index in [1.165, 1.54) is 17.6 Å². The maximum Gasteiger partial charge on any atom is 0.416 e. The number of amides is 2. The second-order valence-electron chi connectivity index (χ2n) is 9.07. The van der Waals surface area contributed by atoms with Crippen LogP contribution < -0.4 is 16.0 Å². The second-order valence-corrected chi connectivity index (χ2v) is 9.91. The predicted octanol–water partition coefficient (Wildman–Crippen LogP) is 2.82. The molecule has 2 amide bonds. The number of hydrogen-bond donors (Lipinski definition) is 4. The van der Waals surface area contributed by atoms with Gasteiger partial charge in [0.15, 0.2) is 0 Å². The number of nitrogens with one attached hydrogen (secondary N) is 3. The van der Waals surface area contributed by atoms with Crippen LogP contribution in [-0.4, -0.2) is 46.5 Å². The van der Waals surface area contributed by atoms with Crippen molar-refractivity contribution in [2.45, 2.75) is 49.4 Å². The lowest BCUT2D eigenvalue weighted by molar-refractivity contribution is -0.137. The molecule has 0 radical (unpaired) electrons. The van der Waals surface area contributed by atoms with E-state index in [4.69, 9.17) is 0 Å². The van der Waals surface area contributed by atoms with Gasteiger partial charge in [0.2, 0.25) is 5.91 Å². The van der Waals surface area contributed by atoms with Gasteiger partial charge < -0.3 is 21.1 Å². The highest BCUT2D eigenvalue weighted by Crippen LogP contribution is 2.45. The third kappa shape index (κ3) is 5.26. The van der Waals surface area contributed by atoms with Crippen LogP contribution in [0.4, 0.5) is 13.2 Å². The minimum Gasteiger partial charge on any atom is -0.384 e. The van der Waals surface area contributed by atoms with Crippen molar-refractivity contribution in [1.82, 2.24) is 20.3 Å². The number of aromatic nitrogens is 1. The van der Waals surface area contributed by atoms with Gasteiger partial charge in [-0.1, -0.05) is 6.07 Å². The largest absolute Gasteiger partial charge is 0.416 e. The molecule has 0 unspecified atom stereocenters. The van der Waals surface area contributed by atoms with Crippen LogP contribution in [0.15, 0.2) is 36.5 Å². The molecule has 0 bridgehead atoms. The summed E-state index contributed by atoms with van der Waals surface area (Å²) in [4.78, 5) is 25.9. The lowest BCUT2D eigenvalue weighted by atomic mass is 9.69. The molecule has 34 heavy (non-hydrogen) atoms. The second kappa shape index (κ2) is 9.63. The van der Waals surface area contributed by atoms with Crippen LogP contribution in [0, 0.1) is 5.92 Å². The summed E-state index contributed by atoms with van der Waals surface area (Å²) in [5, 5.41) is 19.8. The summed E-state index contributed by atoms with van der Waals surface area (Å²) in [5.41, 5.74) is -2.47. The maximum absolute atomic E-state index is 12.9. The van der Waals surface area contributed by atoms with E-state index in [1.54, 1.807) is 6.20 Å². The number of aliphatic hydroxyl groups is 1. The third-order valence-electron chi connectivity index (χ3n) is 6.93. The first-order valence-electron chi connectivity index (χ1n) is 11.2. The van der Waals surface area contributed by atoms with Crippen molar-refractivity contribution in [1.29, 1.82) is 0 Å². The van der Waals surface area contributed by atoms with E-state index in [9.17, 15) is 27.9 Å². The van der Waals surface area contributed by atoms with Gasteiger partial charge in [-0.2, -0.15) is 13.2 Å². The molecule has 4 rings (SSSR count). The fourth-order valence-electron chi connectivity index (χ4n) is 5.04. The van der Waals surface area contributed by atoms with Gasteiger partial charge in [0, 0.05) is 18.3 Å². The maximum atomic E-state index is 12.9. The summed E-state index contributed by atoms with van der Waals surface area (Å²) >= 11 is 1.30. The predicted molar refractivity (Wildman–Crippen MR) is 120 cm³/mol. The lowest BCUT2D eigenvalue weighted by Gasteiger charge is -2.44. The molecular formula is C23H27F3N4O3S. The van der Waals surface area contributed by atoms with E-state index < -0.39 is 34.7 Å². The average Bonchev–Trinajstić information content (AvgIpc) is 3.51. The van der Waals surface area contributed by atoms with Crippen molar-refractivity contribution in [3.63, 3.8) is 0 Å². The van der Waals surface area contributed by atoms with Gasteiger partial charge >= 0.3 is 6.18 Å². The van der Waals surface area contributed by atoms with Crippen molar-refractivity contribution >= 4 is 23.3 Å². The highest BCUT2D eigenvalue weighted by Gasteiger charge is 2.47. The first-order chi connectivity index (χ1) is 16.1. The Balaban J connectivity index is 1.35. The Kier molecular flexibility index (Phi) is 6.97. The molecule has 4 N–H and O–H groups in total. The third-order valence-corrected chi connectivity index (χ3v) is 7.87. The monoisotopic (exact) mass is 496 g/mol. The summed E-state index contributed by atoms with van der Waals surface area (Å²) < 4.78 is 42.8. The quantitative estimate of drug-likeness (QED) is 0.493. The highest BCUT2D eigenvalue weighted by atomic mass is 32.1. The zero-order valence-electron chi connectivity index (χ0n) is 18.5. The zero-order chi connectivity index (χ0) is 24.4. The smallest absolute Gasteiger partial charge is 0.384 e. The Bertz CT molecular complexity index is 1010. The molecule has 2 aliphatic rings. The molecule has 1 atom stereocenters. The van der Waals surface area contributed by atoms with Crippen molar-refractivity contribution in [2.75, 3.05) is 19.6 Å². The van der Waals surface area contributed by atoms with Gasteiger partial charge in [-0.25, -0.2) is 4.37 Å². The number of halogens is 3. The summed E-state index contributed by atoms with van der Waals surface area (Å²) in [5.74, 6) is -0.988. The number of rotatable bonds is 6. The molecule has 7 nitrogen and oxygen atoms in total. The summed E-state index contributed by atoms with van der Waals surface area (Å²) in [6.45, 7) is 0.991. The van der Waals surface area contributed by atoms with Gasteiger partial charge in [-0.15, -0.1) is 0 Å². The van der Waals surface area contributed by atoms with E-state index in [0.29, 0.717) is 19.4 Å². The van der Waals surface area contributed by atoms with E-state index in [-0.39, 0.29) is 18.0 Å². The molecule has 1 aromatic heterocycles. The Labute approximate surface area is 199 Å². The number of nitrogens with zero attached hydrogens (tertiary/aromatic N) is 1. The molecule has 11 heteroatoms. The van der Waals surface area contributed by atoms with Crippen LogP contribution >= 0.6 is 11.5 Å². The van der Waals surface area contributed by atoms with Crippen LogP contribution in [0.1, 0.15) is 52.9 Å². The van der Waals surface area contributed by atoms with Crippen molar-refractivity contribution in [3.8, 4) is 0 Å². The molecule has 184 valence electrons. The van der Waals surface area contributed by atoms with E-state index in [1.807, 2.05) is 6.07 Å². The van der Waals surface area contributed by atoms with Gasteiger partial charge in [0.05, 0.1) is 22.5 Å². The normalized spacial score (nSPS) is 27.4. The van der Waals surface area contributed by atoms with Crippen LogP contribution in [0.25, 0.3) is 0 Å². The fraction of sp³-hybridized carbons (Fsp3) is 0.522. The minimum absolute atomic E-state index is 0.152. The highest BCUT2D eigenvalue weighted by molar-refractivity contribution is 7.05. The average molecular weight is 497 g/mol. The van der Waals surface area contributed by atoms with Crippen molar-refractivity contribution in [3.05, 3.63) is 52.5 Å². The standard InChI is InChI=1S/C23H27F3N4O3S/c24-23(25,26)17-3-1-2-15(12-17)20(32)28-13-19(31)30-21(9-11-27-14-21)16-4-7-22(33,8-5-16)18-6-10-29-34-18/h1-3,6,10,12,16,27,33H,4-5,7-9,11,13-14H2,(H,28,32)(H,30,31)/t16?,21-,22?/m0/s1. The number of hydrogen-bond acceptors (Lipinski definition) is 6. The molecule has 0 spiro atoms. The van der Waals surface area contributed by atoms with Crippen molar-refractivity contribution < 1.29 is 27.9 Å². The van der Waals surface area contributed by atoms with Gasteiger partial charge in [0.25, 0.3) is 5.91 Å². The molecule has 2 fully saturated rings. The number of carbonyl (C=O) groups is 2. The Morgan fingerprint density at radius 1 is 1.21 bits per heavy atom. The Hall–Kier alpha value is -2.50. The summed E-state index contributed by atoms with van der Waals surface area (Å²) in [6.07, 6.45) is 0.458. The summed E-state index contributed by atoms with van der Waals surface area (Å²) in [6, 6.07) is 5.93. The molecule has 1 aliphatic carbocycles. The first kappa shape index (κ1) is 24.6. The van der Waals surface area contributed by atoms with E-state index >= 15 is 0 Å². The number of benzene rings is 1. The molecule has 2 aromatic rings. The molecular weight excluding hydrogens is 469 g/mol. The van der Waals surface area contributed by atoms with Gasteiger partial charge in [-0.3, -0.25) is 9.59 Å². The Morgan fingerprint density at radius 3 is 2.59 bits per heavy atom.